The van der Waals surface area contributed by atoms with Crippen molar-refractivity contribution in [2.45, 2.75) is 45.1 Å². The third-order valence-corrected chi connectivity index (χ3v) is 4.44. The molecule has 0 heterocycles. The van der Waals surface area contributed by atoms with Crippen LogP contribution in [0, 0.1) is 5.41 Å². The van der Waals surface area contributed by atoms with E-state index in [2.05, 4.69) is 6.92 Å². The minimum absolute atomic E-state index is 0.0177. The summed E-state index contributed by atoms with van der Waals surface area (Å²) < 4.78 is 5.14. The van der Waals surface area contributed by atoms with Crippen LogP contribution in [0.4, 0.5) is 0 Å². The Hall–Kier alpha value is -0.730. The van der Waals surface area contributed by atoms with Crippen molar-refractivity contribution in [1.82, 2.24) is 0 Å². The molecule has 18 heavy (non-hydrogen) atoms. The van der Waals surface area contributed by atoms with Crippen LogP contribution in [0.3, 0.4) is 0 Å². The van der Waals surface area contributed by atoms with Crippen LogP contribution in [0.5, 0.6) is 5.75 Å². The van der Waals surface area contributed by atoms with Crippen LogP contribution < -0.4 is 4.74 Å². The largest absolute Gasteiger partial charge is 0.495 e. The molecule has 1 aromatic carbocycles. The normalized spacial score (nSPS) is 20.4. The molecule has 1 aliphatic carbocycles. The van der Waals surface area contributed by atoms with Gasteiger partial charge in [0.1, 0.15) is 5.75 Å². The van der Waals surface area contributed by atoms with Crippen molar-refractivity contribution < 1.29 is 9.84 Å². The molecule has 0 bridgehead atoms. The van der Waals surface area contributed by atoms with Gasteiger partial charge in [-0.3, -0.25) is 0 Å². The highest BCUT2D eigenvalue weighted by atomic mass is 35.5. The molecule has 2 rings (SSSR count). The van der Waals surface area contributed by atoms with E-state index >= 15 is 0 Å². The molecule has 0 spiro atoms. The molecule has 1 aliphatic rings. The van der Waals surface area contributed by atoms with E-state index < -0.39 is 6.10 Å². The lowest BCUT2D eigenvalue weighted by molar-refractivity contribution is 0.00817. The second kappa shape index (κ2) is 5.50. The number of rotatable bonds is 3. The molecular formula is C15H21ClO2. The molecule has 0 amide bonds. The van der Waals surface area contributed by atoms with Gasteiger partial charge in [0.05, 0.1) is 18.2 Å². The quantitative estimate of drug-likeness (QED) is 0.883. The summed E-state index contributed by atoms with van der Waals surface area (Å²) in [5, 5.41) is 11.2. The Kier molecular flexibility index (Phi) is 4.18. The standard InChI is InChI=1S/C15H21ClO2/c1-15(8-4-3-5-9-15)14(17)11-6-7-13(18-2)12(16)10-11/h6-7,10,14,17H,3-5,8-9H2,1-2H3. The average Bonchev–Trinajstić information content (AvgIpc) is 2.38. The maximum absolute atomic E-state index is 10.6. The molecule has 0 radical (unpaired) electrons. The topological polar surface area (TPSA) is 29.5 Å². The van der Waals surface area contributed by atoms with E-state index in [9.17, 15) is 5.11 Å². The Bertz CT molecular complexity index is 411. The van der Waals surface area contributed by atoms with Gasteiger partial charge < -0.3 is 9.84 Å². The molecular weight excluding hydrogens is 248 g/mol. The summed E-state index contributed by atoms with van der Waals surface area (Å²) in [6.45, 7) is 2.18. The average molecular weight is 269 g/mol. The Labute approximate surface area is 114 Å². The smallest absolute Gasteiger partial charge is 0.137 e. The second-order valence-corrected chi connectivity index (χ2v) is 5.92. The molecule has 1 saturated carbocycles. The monoisotopic (exact) mass is 268 g/mol. The first-order valence-corrected chi connectivity index (χ1v) is 6.96. The van der Waals surface area contributed by atoms with Gasteiger partial charge in [-0.1, -0.05) is 43.9 Å². The van der Waals surface area contributed by atoms with Gasteiger partial charge in [0, 0.05) is 0 Å². The van der Waals surface area contributed by atoms with E-state index in [0.717, 1.165) is 18.4 Å². The van der Waals surface area contributed by atoms with Crippen molar-refractivity contribution in [1.29, 1.82) is 0 Å². The van der Waals surface area contributed by atoms with Crippen LogP contribution >= 0.6 is 11.6 Å². The summed E-state index contributed by atoms with van der Waals surface area (Å²) in [6.07, 6.45) is 5.41. The van der Waals surface area contributed by atoms with Gasteiger partial charge in [0.15, 0.2) is 0 Å². The van der Waals surface area contributed by atoms with Crippen molar-refractivity contribution in [2.75, 3.05) is 7.11 Å². The molecule has 100 valence electrons. The van der Waals surface area contributed by atoms with Crippen molar-refractivity contribution in [3.8, 4) is 5.75 Å². The van der Waals surface area contributed by atoms with Gasteiger partial charge >= 0.3 is 0 Å². The zero-order valence-corrected chi connectivity index (χ0v) is 11.8. The first-order valence-electron chi connectivity index (χ1n) is 6.58. The second-order valence-electron chi connectivity index (χ2n) is 5.51. The summed E-state index contributed by atoms with van der Waals surface area (Å²) in [5.41, 5.74) is 0.876. The maximum atomic E-state index is 10.6. The number of ether oxygens (including phenoxy) is 1. The highest BCUT2D eigenvalue weighted by Crippen LogP contribution is 2.46. The van der Waals surface area contributed by atoms with Crippen molar-refractivity contribution >= 4 is 11.6 Å². The number of methoxy groups -OCH3 is 1. The molecule has 1 fully saturated rings. The van der Waals surface area contributed by atoms with Crippen LogP contribution in [-0.4, -0.2) is 12.2 Å². The number of aliphatic hydroxyl groups excluding tert-OH is 1. The zero-order valence-electron chi connectivity index (χ0n) is 11.1. The summed E-state index contributed by atoms with van der Waals surface area (Å²) in [7, 11) is 1.60. The summed E-state index contributed by atoms with van der Waals surface area (Å²) in [5.74, 6) is 0.654. The van der Waals surface area contributed by atoms with E-state index in [1.165, 1.54) is 19.3 Å². The summed E-state index contributed by atoms with van der Waals surface area (Å²) in [4.78, 5) is 0. The lowest BCUT2D eigenvalue weighted by atomic mass is 9.70. The van der Waals surface area contributed by atoms with Gasteiger partial charge in [-0.2, -0.15) is 0 Å². The first-order chi connectivity index (χ1) is 8.57. The van der Waals surface area contributed by atoms with E-state index in [4.69, 9.17) is 16.3 Å². The summed E-state index contributed by atoms with van der Waals surface area (Å²) >= 11 is 6.12. The first kappa shape index (κ1) is 13.7. The van der Waals surface area contributed by atoms with Crippen LogP contribution in [-0.2, 0) is 0 Å². The van der Waals surface area contributed by atoms with E-state index in [1.54, 1.807) is 7.11 Å². The Morgan fingerprint density at radius 3 is 2.50 bits per heavy atom. The van der Waals surface area contributed by atoms with Crippen molar-refractivity contribution in [2.24, 2.45) is 5.41 Å². The van der Waals surface area contributed by atoms with Gasteiger partial charge in [0.25, 0.3) is 0 Å². The predicted molar refractivity (Wildman–Crippen MR) is 74.2 cm³/mol. The molecule has 0 saturated heterocycles. The molecule has 1 N–H and O–H groups in total. The Morgan fingerprint density at radius 2 is 1.94 bits per heavy atom. The van der Waals surface area contributed by atoms with Crippen LogP contribution in [0.25, 0.3) is 0 Å². The molecule has 1 unspecified atom stereocenters. The van der Waals surface area contributed by atoms with Crippen LogP contribution in [0.2, 0.25) is 5.02 Å². The highest BCUT2D eigenvalue weighted by molar-refractivity contribution is 6.32. The fourth-order valence-electron chi connectivity index (χ4n) is 2.89. The highest BCUT2D eigenvalue weighted by Gasteiger charge is 2.35. The molecule has 3 heteroatoms. The van der Waals surface area contributed by atoms with Crippen LogP contribution in [0.1, 0.15) is 50.7 Å². The summed E-state index contributed by atoms with van der Waals surface area (Å²) in [6, 6.07) is 5.56. The third-order valence-electron chi connectivity index (χ3n) is 4.15. The van der Waals surface area contributed by atoms with Crippen LogP contribution in [0.15, 0.2) is 18.2 Å². The van der Waals surface area contributed by atoms with Crippen molar-refractivity contribution in [3.63, 3.8) is 0 Å². The number of hydrogen-bond acceptors (Lipinski definition) is 2. The molecule has 2 nitrogen and oxygen atoms in total. The van der Waals surface area contributed by atoms with E-state index in [-0.39, 0.29) is 5.41 Å². The number of halogens is 1. The Morgan fingerprint density at radius 1 is 1.28 bits per heavy atom. The third kappa shape index (κ3) is 2.65. The molecule has 1 aromatic rings. The Balaban J connectivity index is 2.22. The lowest BCUT2D eigenvalue weighted by Gasteiger charge is -2.38. The SMILES string of the molecule is COc1ccc(C(O)C2(C)CCCCC2)cc1Cl. The lowest BCUT2D eigenvalue weighted by Crippen LogP contribution is -2.28. The fraction of sp³-hybridized carbons (Fsp3) is 0.600. The molecule has 0 aromatic heterocycles. The number of aliphatic hydroxyl groups is 1. The van der Waals surface area contributed by atoms with Gasteiger partial charge in [0.2, 0.25) is 0 Å². The molecule has 0 aliphatic heterocycles. The number of hydrogen-bond donors (Lipinski definition) is 1. The predicted octanol–water partition coefficient (Wildman–Crippen LogP) is 4.35. The van der Waals surface area contributed by atoms with E-state index in [0.29, 0.717) is 10.8 Å². The number of benzene rings is 1. The van der Waals surface area contributed by atoms with E-state index in [1.807, 2.05) is 18.2 Å². The molecule has 1 atom stereocenters. The minimum Gasteiger partial charge on any atom is -0.495 e. The van der Waals surface area contributed by atoms with Gasteiger partial charge in [-0.05, 0) is 36.0 Å². The van der Waals surface area contributed by atoms with Gasteiger partial charge in [-0.25, -0.2) is 0 Å². The minimum atomic E-state index is -0.443. The van der Waals surface area contributed by atoms with Crippen molar-refractivity contribution in [3.05, 3.63) is 28.8 Å². The maximum Gasteiger partial charge on any atom is 0.137 e. The van der Waals surface area contributed by atoms with Gasteiger partial charge in [-0.15, -0.1) is 0 Å². The zero-order chi connectivity index (χ0) is 13.2. The fourth-order valence-corrected chi connectivity index (χ4v) is 3.15.